The van der Waals surface area contributed by atoms with Gasteiger partial charge in [-0.3, -0.25) is 9.59 Å². The number of aliphatic hydroxyl groups excluding tert-OH is 1. The smallest absolute Gasteiger partial charge is 0.255 e. The first-order chi connectivity index (χ1) is 20.1. The number of fused-ring (bicyclic) bond motifs is 1. The summed E-state index contributed by atoms with van der Waals surface area (Å²) in [5.74, 6) is -0.247. The summed E-state index contributed by atoms with van der Waals surface area (Å²) in [6.07, 6.45) is 1.07. The molecule has 2 N–H and O–H groups in total. The maximum Gasteiger partial charge on any atom is 0.255 e. The van der Waals surface area contributed by atoms with Crippen molar-refractivity contribution in [2.24, 2.45) is 0 Å². The second-order valence-corrected chi connectivity index (χ2v) is 10.5. The van der Waals surface area contributed by atoms with E-state index in [0.29, 0.717) is 38.1 Å². The van der Waals surface area contributed by atoms with E-state index in [0.717, 1.165) is 27.8 Å². The van der Waals surface area contributed by atoms with E-state index in [1.165, 1.54) is 0 Å². The lowest BCUT2D eigenvalue weighted by atomic mass is 9.63. The van der Waals surface area contributed by atoms with Gasteiger partial charge in [0.25, 0.3) is 5.91 Å². The molecule has 0 fully saturated rings. The Balaban J connectivity index is 1.75. The van der Waals surface area contributed by atoms with Crippen LogP contribution in [0.2, 0.25) is 0 Å². The van der Waals surface area contributed by atoms with Crippen molar-refractivity contribution in [3.05, 3.63) is 143 Å². The van der Waals surface area contributed by atoms with Gasteiger partial charge in [-0.1, -0.05) is 103 Å². The second kappa shape index (κ2) is 12.9. The molecule has 5 rings (SSSR count). The lowest BCUT2D eigenvalue weighted by molar-refractivity contribution is -0.130. The number of hydrogen-bond donors (Lipinski definition) is 2. The fourth-order valence-electron chi connectivity index (χ4n) is 5.97. The third kappa shape index (κ3) is 5.80. The molecule has 0 radical (unpaired) electrons. The lowest BCUT2D eigenvalue weighted by Crippen LogP contribution is -2.59. The van der Waals surface area contributed by atoms with E-state index in [2.05, 4.69) is 5.32 Å². The number of ether oxygens (including phenoxy) is 1. The van der Waals surface area contributed by atoms with Gasteiger partial charge >= 0.3 is 0 Å². The molecular formula is C35H36N2O4. The van der Waals surface area contributed by atoms with Crippen LogP contribution in [0.4, 0.5) is 0 Å². The highest BCUT2D eigenvalue weighted by Crippen LogP contribution is 2.50. The molecule has 2 amide bonds. The van der Waals surface area contributed by atoms with Crippen molar-refractivity contribution < 1.29 is 19.4 Å². The summed E-state index contributed by atoms with van der Waals surface area (Å²) in [7, 11) is 1.65. The normalized spacial score (nSPS) is 18.1. The molecule has 2 atom stereocenters. The Morgan fingerprint density at radius 3 is 2.15 bits per heavy atom. The molecule has 0 aromatic heterocycles. The van der Waals surface area contributed by atoms with Gasteiger partial charge in [0.2, 0.25) is 5.91 Å². The van der Waals surface area contributed by atoms with Crippen molar-refractivity contribution in [3.63, 3.8) is 0 Å². The van der Waals surface area contributed by atoms with Gasteiger partial charge in [0, 0.05) is 32.4 Å². The molecule has 0 spiro atoms. The molecule has 1 heterocycles. The van der Waals surface area contributed by atoms with Crippen molar-refractivity contribution >= 4 is 11.8 Å². The molecule has 0 unspecified atom stereocenters. The van der Waals surface area contributed by atoms with Gasteiger partial charge in [0.15, 0.2) is 0 Å². The van der Waals surface area contributed by atoms with Gasteiger partial charge in [-0.15, -0.1) is 0 Å². The van der Waals surface area contributed by atoms with E-state index >= 15 is 0 Å². The van der Waals surface area contributed by atoms with Gasteiger partial charge in [0.1, 0.15) is 5.41 Å². The Morgan fingerprint density at radius 1 is 0.854 bits per heavy atom. The predicted molar refractivity (Wildman–Crippen MR) is 159 cm³/mol. The Morgan fingerprint density at radius 2 is 1.49 bits per heavy atom. The molecule has 4 aromatic carbocycles. The van der Waals surface area contributed by atoms with Gasteiger partial charge in [0.05, 0.1) is 12.6 Å². The number of nitrogens with one attached hydrogen (secondary N) is 1. The number of carbonyl (C=O) groups excluding carboxylic acids is 2. The summed E-state index contributed by atoms with van der Waals surface area (Å²) in [4.78, 5) is 30.9. The zero-order valence-corrected chi connectivity index (χ0v) is 23.3. The van der Waals surface area contributed by atoms with Crippen LogP contribution in [0.1, 0.15) is 50.6 Å². The molecule has 1 aliphatic rings. The monoisotopic (exact) mass is 548 g/mol. The number of rotatable bonds is 11. The zero-order valence-electron chi connectivity index (χ0n) is 23.3. The molecule has 6 nitrogen and oxygen atoms in total. The van der Waals surface area contributed by atoms with Crippen LogP contribution in [0.3, 0.4) is 0 Å². The number of benzene rings is 4. The number of methoxy groups -OCH3 is 1. The molecule has 1 aliphatic heterocycles. The first-order valence-electron chi connectivity index (χ1n) is 14.0. The fourth-order valence-corrected chi connectivity index (χ4v) is 5.97. The molecule has 4 aromatic rings. The van der Waals surface area contributed by atoms with Gasteiger partial charge in [-0.05, 0) is 46.7 Å². The van der Waals surface area contributed by atoms with Crippen LogP contribution in [0, 0.1) is 0 Å². The number of aliphatic hydroxyl groups is 1. The van der Waals surface area contributed by atoms with E-state index in [4.69, 9.17) is 4.74 Å². The summed E-state index contributed by atoms with van der Waals surface area (Å²) < 4.78 is 5.23. The predicted octanol–water partition coefficient (Wildman–Crippen LogP) is 5.21. The Kier molecular flexibility index (Phi) is 8.92. The number of carbonyl (C=O) groups is 2. The first-order valence-corrected chi connectivity index (χ1v) is 14.0. The molecular weight excluding hydrogens is 512 g/mol. The Labute approximate surface area is 241 Å². The third-order valence-corrected chi connectivity index (χ3v) is 7.89. The summed E-state index contributed by atoms with van der Waals surface area (Å²) in [5.41, 5.74) is 3.71. The second-order valence-electron chi connectivity index (χ2n) is 10.5. The lowest BCUT2D eigenvalue weighted by Gasteiger charge is -2.50. The van der Waals surface area contributed by atoms with Crippen molar-refractivity contribution in [1.82, 2.24) is 10.2 Å². The summed E-state index contributed by atoms with van der Waals surface area (Å²) in [6, 6.07) is 34.4. The SMILES string of the molecule is COCCCNC(=O)[C@@]1(Cc2ccccc2)c2ccccc2C(=O)N(Cc2ccccc2)[C@H]1c1ccc(CO)cc1. The minimum atomic E-state index is -1.13. The van der Waals surface area contributed by atoms with Gasteiger partial charge < -0.3 is 20.1 Å². The third-order valence-electron chi connectivity index (χ3n) is 7.89. The molecule has 0 saturated carbocycles. The Bertz CT molecular complexity index is 1460. The summed E-state index contributed by atoms with van der Waals surface area (Å²) in [6.45, 7) is 1.24. The van der Waals surface area contributed by atoms with E-state index in [1.54, 1.807) is 7.11 Å². The van der Waals surface area contributed by atoms with Crippen LogP contribution in [0.5, 0.6) is 0 Å². The molecule has 0 aliphatic carbocycles. The summed E-state index contributed by atoms with van der Waals surface area (Å²) in [5, 5.41) is 13.0. The molecule has 210 valence electrons. The van der Waals surface area contributed by atoms with Crippen LogP contribution < -0.4 is 5.32 Å². The molecule has 41 heavy (non-hydrogen) atoms. The number of nitrogens with zero attached hydrogens (tertiary/aromatic N) is 1. The first kappa shape index (κ1) is 28.3. The topological polar surface area (TPSA) is 78.9 Å². The van der Waals surface area contributed by atoms with E-state index < -0.39 is 11.5 Å². The van der Waals surface area contributed by atoms with Crippen molar-refractivity contribution in [3.8, 4) is 0 Å². The molecule has 0 saturated heterocycles. The highest BCUT2D eigenvalue weighted by atomic mass is 16.5. The van der Waals surface area contributed by atoms with Crippen LogP contribution in [-0.2, 0) is 34.5 Å². The van der Waals surface area contributed by atoms with Crippen LogP contribution in [-0.4, -0.2) is 42.1 Å². The number of amides is 2. The van der Waals surface area contributed by atoms with Crippen LogP contribution in [0.25, 0.3) is 0 Å². The fraction of sp³-hybridized carbons (Fsp3) is 0.257. The Hall–Kier alpha value is -4.26. The molecule has 0 bridgehead atoms. The van der Waals surface area contributed by atoms with Gasteiger partial charge in [-0.25, -0.2) is 0 Å². The van der Waals surface area contributed by atoms with Crippen LogP contribution in [0.15, 0.2) is 109 Å². The highest BCUT2D eigenvalue weighted by Gasteiger charge is 2.56. The van der Waals surface area contributed by atoms with E-state index in [-0.39, 0.29) is 18.4 Å². The quantitative estimate of drug-likeness (QED) is 0.252. The largest absolute Gasteiger partial charge is 0.392 e. The van der Waals surface area contributed by atoms with Gasteiger partial charge in [-0.2, -0.15) is 0 Å². The average Bonchev–Trinajstić information content (AvgIpc) is 3.02. The van der Waals surface area contributed by atoms with E-state index in [1.807, 2.05) is 114 Å². The minimum Gasteiger partial charge on any atom is -0.392 e. The molecule has 6 heteroatoms. The van der Waals surface area contributed by atoms with Crippen LogP contribution >= 0.6 is 0 Å². The highest BCUT2D eigenvalue weighted by molar-refractivity contribution is 6.03. The zero-order chi connectivity index (χ0) is 28.7. The maximum absolute atomic E-state index is 14.7. The van der Waals surface area contributed by atoms with Crippen molar-refractivity contribution in [2.75, 3.05) is 20.3 Å². The van der Waals surface area contributed by atoms with Crippen molar-refractivity contribution in [2.45, 2.75) is 37.5 Å². The van der Waals surface area contributed by atoms with E-state index in [9.17, 15) is 14.7 Å². The standard InChI is InChI=1S/C35H36N2O4/c1-41-22-10-21-36-34(40)35(23-26-11-4-2-5-12-26)31-16-9-8-15-30(31)33(39)37(24-27-13-6-3-7-14-27)32(35)29-19-17-28(25-38)18-20-29/h2-9,11-20,32,38H,10,21-25H2,1H3,(H,36,40)/t32-,35-/m0/s1. The minimum absolute atomic E-state index is 0.0877. The number of hydrogen-bond acceptors (Lipinski definition) is 4. The maximum atomic E-state index is 14.7. The van der Waals surface area contributed by atoms with Crippen molar-refractivity contribution in [1.29, 1.82) is 0 Å². The average molecular weight is 549 g/mol. The summed E-state index contributed by atoms with van der Waals surface area (Å²) >= 11 is 0.